The van der Waals surface area contributed by atoms with Crippen molar-refractivity contribution < 1.29 is 327 Å². The topological polar surface area (TPSA) is 1120 Å². The molecular weight excluding hydrogens is 1700 g/mol. The predicted molar refractivity (Wildman–Crippen MR) is 397 cm³/mol. The van der Waals surface area contributed by atoms with Crippen LogP contribution in [-0.2, 0) is 144 Å². The Morgan fingerprint density at radius 2 is 0.0992 bits per heavy atom. The quantitative estimate of drug-likeness (QED) is 0.121. The molecule has 0 aliphatic rings. The van der Waals surface area contributed by atoms with Crippen LogP contribution < -0.4 is 34.7 Å². The summed E-state index contributed by atoms with van der Waals surface area (Å²) in [5.74, 6) is -25.2. The van der Waals surface area contributed by atoms with Crippen LogP contribution in [0.3, 0.4) is 0 Å². The molecule has 720 valence electrons. The van der Waals surface area contributed by atoms with Crippen molar-refractivity contribution in [3.63, 3.8) is 0 Å². The summed E-state index contributed by atoms with van der Waals surface area (Å²) in [6.07, 6.45) is 0. The molecule has 0 aromatic carbocycles. The Morgan fingerprint density at radius 1 is 0.0992 bits per heavy atom. The molecule has 0 fully saturated rings. The molecule has 0 amide bonds. The maximum atomic E-state index is 9.00. The molecule has 0 aliphatic carbocycles. The SMILES string of the molecule is CC(=O)O.CC(=O)O.CC(=O)O.CC(=O)O.CC(=O)O.CC(=O)O.CC(=O)O.CC(=O)O.CC(=O)O.CC(=O)O.CC(=O)O.CC(=O)O.CC(=O)O.CC(=O)O.CC(=O)O.CC(=O)O.CC(=O)O.CC(=O)O.CC(=O)O.CC(=O)O.CC(=O)O.CC(=O)O.CC(=O)O.CC(=O)O.CC(=O)O.CC(=O)O.CC(=O)O.CC(=O)O.CC(=O)O.CC(=O)[O-].[Na+]. The summed E-state index contributed by atoms with van der Waals surface area (Å²) in [7, 11) is 0. The third-order valence-electron chi connectivity index (χ3n) is 0. The van der Waals surface area contributed by atoms with Gasteiger partial charge in [-0.25, -0.2) is 0 Å². The standard InChI is InChI=1S/30C2H4O2.Na/c30*1-2(3)4;/h30*1H3,(H,3,4);/q;;;;;;;;;;;;;;;;;;;;;;;;;;;;;;+1/p-1. The monoisotopic (exact) mass is 1820 g/mol. The zero-order valence-electron chi connectivity index (χ0n) is 71.6. The Labute approximate surface area is 711 Å². The number of carboxylic acid groups (broad SMARTS) is 30. The van der Waals surface area contributed by atoms with Crippen LogP contribution in [0.25, 0.3) is 0 Å². The minimum Gasteiger partial charge on any atom is -0.550 e. The number of rotatable bonds is 0. The van der Waals surface area contributed by atoms with Crippen molar-refractivity contribution in [1.29, 1.82) is 0 Å². The maximum Gasteiger partial charge on any atom is 1.00 e. The van der Waals surface area contributed by atoms with Gasteiger partial charge < -0.3 is 158 Å². The molecule has 0 saturated carbocycles. The van der Waals surface area contributed by atoms with Crippen LogP contribution >= 0.6 is 0 Å². The summed E-state index contributed by atoms with van der Waals surface area (Å²) in [4.78, 5) is 270. The zero-order valence-corrected chi connectivity index (χ0v) is 73.6. The molecule has 0 heterocycles. The van der Waals surface area contributed by atoms with Crippen LogP contribution in [0, 0.1) is 0 Å². The molecule has 0 saturated heterocycles. The van der Waals surface area contributed by atoms with E-state index in [-0.39, 0.29) is 29.6 Å². The van der Waals surface area contributed by atoms with E-state index in [9.17, 15) is 0 Å². The first-order chi connectivity index (χ1) is 52.0. The van der Waals surface area contributed by atoms with E-state index < -0.39 is 179 Å². The molecule has 0 aliphatic heterocycles. The van der Waals surface area contributed by atoms with Gasteiger partial charge in [-0.15, -0.1) is 0 Å². The fourth-order valence-corrected chi connectivity index (χ4v) is 0. The maximum absolute atomic E-state index is 9.00. The molecule has 0 radical (unpaired) electrons. The second-order valence-electron chi connectivity index (χ2n) is 15.5. The summed E-state index contributed by atoms with van der Waals surface area (Å²) in [5, 5.41) is 224. The third kappa shape index (κ3) is 5030. The fourth-order valence-electron chi connectivity index (χ4n) is 0. The predicted octanol–water partition coefficient (Wildman–Crippen LogP) is -1.60. The molecule has 0 spiro atoms. The van der Waals surface area contributed by atoms with Gasteiger partial charge in [0.05, 0.1) is 0 Å². The van der Waals surface area contributed by atoms with Crippen molar-refractivity contribution in [2.45, 2.75) is 208 Å². The van der Waals surface area contributed by atoms with Gasteiger partial charge in [0.1, 0.15) is 0 Å². The molecule has 0 atom stereocenters. The van der Waals surface area contributed by atoms with Crippen molar-refractivity contribution >= 4 is 179 Å². The molecule has 0 bridgehead atoms. The summed E-state index contributed by atoms with van der Waals surface area (Å²) in [6, 6.07) is 0. The molecule has 0 aromatic rings. The molecule has 61 heteroatoms. The van der Waals surface area contributed by atoms with Crippen molar-refractivity contribution in [1.82, 2.24) is 0 Å². The Bertz CT molecular complexity index is 1700. The van der Waals surface area contributed by atoms with Gasteiger partial charge in [0.15, 0.2) is 0 Å². The van der Waals surface area contributed by atoms with Crippen LogP contribution in [0.5, 0.6) is 0 Å². The largest absolute Gasteiger partial charge is 1.00 e. The van der Waals surface area contributed by atoms with Gasteiger partial charge in [-0.2, -0.15) is 0 Å². The third-order valence-corrected chi connectivity index (χ3v) is 0. The van der Waals surface area contributed by atoms with Crippen LogP contribution in [0.4, 0.5) is 0 Å². The van der Waals surface area contributed by atoms with Gasteiger partial charge in [-0.3, -0.25) is 139 Å². The summed E-state index contributed by atoms with van der Waals surface area (Å²) in [5.41, 5.74) is 0. The fraction of sp³-hybridized carbons (Fsp3) is 0.500. The van der Waals surface area contributed by atoms with Crippen molar-refractivity contribution in [3.8, 4) is 0 Å². The Kier molecular flexibility index (Phi) is 347. The number of hydrogen-bond acceptors (Lipinski definition) is 31. The first kappa shape index (κ1) is 208. The Hall–Kier alpha value is -14.9. The van der Waals surface area contributed by atoms with Gasteiger partial charge in [0, 0.05) is 207 Å². The number of aliphatic carboxylic acids is 30. The van der Waals surface area contributed by atoms with Crippen LogP contribution in [0.2, 0.25) is 0 Å². The van der Waals surface area contributed by atoms with Crippen LogP contribution in [0.15, 0.2) is 0 Å². The van der Waals surface area contributed by atoms with Crippen molar-refractivity contribution in [2.24, 2.45) is 0 Å². The second kappa shape index (κ2) is 202. The average Bonchev–Trinajstić information content (AvgIpc) is 3.29. The Balaban J connectivity index is -0.0000000239. The van der Waals surface area contributed by atoms with E-state index in [2.05, 4.69) is 0 Å². The second-order valence-corrected chi connectivity index (χ2v) is 15.5. The first-order valence-electron chi connectivity index (χ1n) is 27.8. The van der Waals surface area contributed by atoms with Crippen LogP contribution in [-0.4, -0.2) is 327 Å². The summed E-state index contributed by atoms with van der Waals surface area (Å²) < 4.78 is 0. The van der Waals surface area contributed by atoms with Gasteiger partial charge >= 0.3 is 29.6 Å². The molecular formula is C60H119NaO60. The summed E-state index contributed by atoms with van der Waals surface area (Å²) in [6.45, 7) is 32.4. The average molecular weight is 1820 g/mol. The molecule has 121 heavy (non-hydrogen) atoms. The zero-order chi connectivity index (χ0) is 107. The normalized spacial score (nSPS) is 6.20. The van der Waals surface area contributed by atoms with Gasteiger partial charge in [0.2, 0.25) is 0 Å². The van der Waals surface area contributed by atoms with E-state index in [1.54, 1.807) is 0 Å². The van der Waals surface area contributed by atoms with Gasteiger partial charge in [-0.05, 0) is 6.92 Å². The van der Waals surface area contributed by atoms with E-state index in [0.717, 1.165) is 208 Å². The number of carbonyl (C=O) groups is 30. The minimum absolute atomic E-state index is 0. The van der Waals surface area contributed by atoms with E-state index in [0.29, 0.717) is 0 Å². The first-order valence-corrected chi connectivity index (χ1v) is 27.8. The Morgan fingerprint density at radius 3 is 0.0992 bits per heavy atom. The van der Waals surface area contributed by atoms with E-state index in [1.165, 1.54) is 0 Å². The molecule has 0 aromatic heterocycles. The van der Waals surface area contributed by atoms with Crippen molar-refractivity contribution in [3.05, 3.63) is 0 Å². The van der Waals surface area contributed by atoms with E-state index in [4.69, 9.17) is 297 Å². The minimum atomic E-state index is -1.08. The number of carboxylic acids is 30. The molecule has 0 unspecified atom stereocenters. The van der Waals surface area contributed by atoms with E-state index in [1.807, 2.05) is 0 Å². The smallest absolute Gasteiger partial charge is 0.550 e. The van der Waals surface area contributed by atoms with Crippen LogP contribution in [0.1, 0.15) is 208 Å². The molecule has 60 nitrogen and oxygen atoms in total. The number of carbonyl (C=O) groups excluding carboxylic acids is 1. The van der Waals surface area contributed by atoms with Gasteiger partial charge in [-0.1, -0.05) is 0 Å². The van der Waals surface area contributed by atoms with Gasteiger partial charge in [0.25, 0.3) is 173 Å². The molecule has 0 rings (SSSR count). The summed E-state index contributed by atoms with van der Waals surface area (Å²) >= 11 is 0. The van der Waals surface area contributed by atoms with Crippen molar-refractivity contribution in [2.75, 3.05) is 0 Å². The number of hydrogen-bond donors (Lipinski definition) is 29. The van der Waals surface area contributed by atoms with E-state index >= 15 is 0 Å². The molecule has 29 N–H and O–H groups in total.